The van der Waals surface area contributed by atoms with Crippen molar-refractivity contribution in [2.45, 2.75) is 26.3 Å². The smallest absolute Gasteiger partial charge is 0.267 e. The van der Waals surface area contributed by atoms with Gasteiger partial charge in [0.15, 0.2) is 0 Å². The van der Waals surface area contributed by atoms with Crippen molar-refractivity contribution in [3.8, 4) is 0 Å². The molecular weight excluding hydrogens is 134 g/mol. The summed E-state index contributed by atoms with van der Waals surface area (Å²) in [5, 5.41) is 12.1. The summed E-state index contributed by atoms with van der Waals surface area (Å²) in [4.78, 5) is 20.2. The lowest BCUT2D eigenvalue weighted by molar-refractivity contribution is -0.300. The number of rotatable bonds is 2. The second-order valence-corrected chi connectivity index (χ2v) is 2.07. The van der Waals surface area contributed by atoms with Crippen molar-refractivity contribution < 1.29 is 14.7 Å². The molecule has 0 fully saturated rings. The van der Waals surface area contributed by atoms with Crippen LogP contribution in [0.5, 0.6) is 0 Å². The summed E-state index contributed by atoms with van der Waals surface area (Å²) in [5.41, 5.74) is 0. The largest absolute Gasteiger partial charge is 0.540 e. The van der Waals surface area contributed by atoms with E-state index in [-0.39, 0.29) is 6.04 Å². The first-order valence-corrected chi connectivity index (χ1v) is 3.09. The molecular formula is C6H10NO3-. The van der Waals surface area contributed by atoms with Gasteiger partial charge in [-0.2, -0.15) is 0 Å². The molecule has 0 aliphatic carbocycles. The molecule has 0 aromatic carbocycles. The second kappa shape index (κ2) is 3.87. The lowest BCUT2D eigenvalue weighted by Gasteiger charge is -2.10. The van der Waals surface area contributed by atoms with E-state index in [4.69, 9.17) is 0 Å². The molecule has 0 aromatic rings. The van der Waals surface area contributed by atoms with Crippen LogP contribution in [0.4, 0.5) is 0 Å². The SMILES string of the molecule is CCC(C)NC(=O)C(=O)[O-]. The van der Waals surface area contributed by atoms with Gasteiger partial charge in [-0.3, -0.25) is 4.79 Å². The molecule has 0 spiro atoms. The Morgan fingerprint density at radius 2 is 2.10 bits per heavy atom. The Morgan fingerprint density at radius 3 is 2.40 bits per heavy atom. The summed E-state index contributed by atoms with van der Waals surface area (Å²) in [6.07, 6.45) is 0.707. The standard InChI is InChI=1S/C6H11NO3/c1-3-4(2)7-5(8)6(9)10/h4H,3H2,1-2H3,(H,7,8)(H,9,10)/p-1. The van der Waals surface area contributed by atoms with E-state index in [2.05, 4.69) is 5.32 Å². The normalized spacial score (nSPS) is 12.2. The Labute approximate surface area is 59.2 Å². The van der Waals surface area contributed by atoms with E-state index in [0.717, 1.165) is 0 Å². The van der Waals surface area contributed by atoms with Crippen LogP contribution in [-0.4, -0.2) is 17.9 Å². The fourth-order valence-electron chi connectivity index (χ4n) is 0.385. The van der Waals surface area contributed by atoms with Crippen LogP contribution >= 0.6 is 0 Å². The van der Waals surface area contributed by atoms with Gasteiger partial charge < -0.3 is 15.2 Å². The highest BCUT2D eigenvalue weighted by molar-refractivity contribution is 6.30. The molecule has 0 aliphatic heterocycles. The molecule has 10 heavy (non-hydrogen) atoms. The molecule has 0 radical (unpaired) electrons. The molecule has 0 bridgehead atoms. The van der Waals surface area contributed by atoms with Crippen molar-refractivity contribution in [2.24, 2.45) is 0 Å². The third-order valence-electron chi connectivity index (χ3n) is 1.18. The van der Waals surface area contributed by atoms with Gasteiger partial charge in [0.1, 0.15) is 5.97 Å². The van der Waals surface area contributed by atoms with Gasteiger partial charge in [0.25, 0.3) is 5.91 Å². The van der Waals surface area contributed by atoms with Crippen molar-refractivity contribution in [2.75, 3.05) is 0 Å². The molecule has 0 heterocycles. The first-order chi connectivity index (χ1) is 4.57. The van der Waals surface area contributed by atoms with Gasteiger partial charge in [-0.25, -0.2) is 0 Å². The van der Waals surface area contributed by atoms with E-state index in [1.54, 1.807) is 6.92 Å². The number of aliphatic carboxylic acids is 1. The third-order valence-corrected chi connectivity index (χ3v) is 1.18. The van der Waals surface area contributed by atoms with Crippen LogP contribution in [0.3, 0.4) is 0 Å². The highest BCUT2D eigenvalue weighted by atomic mass is 16.4. The fraction of sp³-hybridized carbons (Fsp3) is 0.667. The first-order valence-electron chi connectivity index (χ1n) is 3.09. The van der Waals surface area contributed by atoms with Crippen molar-refractivity contribution in [3.63, 3.8) is 0 Å². The summed E-state index contributed by atoms with van der Waals surface area (Å²) in [6, 6.07) is -0.106. The Morgan fingerprint density at radius 1 is 1.60 bits per heavy atom. The van der Waals surface area contributed by atoms with E-state index in [9.17, 15) is 14.7 Å². The van der Waals surface area contributed by atoms with E-state index in [1.807, 2.05) is 6.92 Å². The van der Waals surface area contributed by atoms with Crippen LogP contribution in [0.25, 0.3) is 0 Å². The number of hydrogen-bond acceptors (Lipinski definition) is 3. The van der Waals surface area contributed by atoms with Gasteiger partial charge in [0, 0.05) is 6.04 Å². The molecule has 4 nitrogen and oxygen atoms in total. The fourth-order valence-corrected chi connectivity index (χ4v) is 0.385. The second-order valence-electron chi connectivity index (χ2n) is 2.07. The number of amides is 1. The minimum Gasteiger partial charge on any atom is -0.540 e. The van der Waals surface area contributed by atoms with Gasteiger partial charge in [-0.15, -0.1) is 0 Å². The van der Waals surface area contributed by atoms with E-state index in [0.29, 0.717) is 6.42 Å². The van der Waals surface area contributed by atoms with Crippen LogP contribution in [0.15, 0.2) is 0 Å². The zero-order chi connectivity index (χ0) is 8.15. The molecule has 0 aliphatic rings. The molecule has 0 aromatic heterocycles. The third kappa shape index (κ3) is 3.06. The van der Waals surface area contributed by atoms with Gasteiger partial charge in [0.05, 0.1) is 0 Å². The lowest BCUT2D eigenvalue weighted by atomic mass is 10.2. The maximum absolute atomic E-state index is 10.3. The Balaban J connectivity index is 3.68. The molecule has 0 saturated carbocycles. The Kier molecular flexibility index (Phi) is 3.46. The average molecular weight is 144 g/mol. The molecule has 1 amide bonds. The van der Waals surface area contributed by atoms with Crippen LogP contribution in [0, 0.1) is 0 Å². The minimum absolute atomic E-state index is 0.106. The summed E-state index contributed by atoms with van der Waals surface area (Å²) in [5.74, 6) is -2.73. The first kappa shape index (κ1) is 8.94. The van der Waals surface area contributed by atoms with Crippen LogP contribution in [0.1, 0.15) is 20.3 Å². The Hall–Kier alpha value is -1.06. The van der Waals surface area contributed by atoms with Crippen molar-refractivity contribution in [1.82, 2.24) is 5.32 Å². The number of carbonyl (C=O) groups excluding carboxylic acids is 2. The summed E-state index contributed by atoms with van der Waals surface area (Å²) >= 11 is 0. The highest BCUT2D eigenvalue weighted by Gasteiger charge is 2.04. The Bertz CT molecular complexity index is 144. The van der Waals surface area contributed by atoms with E-state index < -0.39 is 11.9 Å². The van der Waals surface area contributed by atoms with Gasteiger partial charge in [0.2, 0.25) is 0 Å². The van der Waals surface area contributed by atoms with Crippen LogP contribution < -0.4 is 10.4 Å². The molecule has 0 saturated heterocycles. The van der Waals surface area contributed by atoms with Crippen LogP contribution in [-0.2, 0) is 9.59 Å². The maximum Gasteiger partial charge on any atom is 0.267 e. The molecule has 1 atom stereocenters. The predicted molar refractivity (Wildman–Crippen MR) is 32.9 cm³/mol. The van der Waals surface area contributed by atoms with E-state index in [1.165, 1.54) is 0 Å². The van der Waals surface area contributed by atoms with Gasteiger partial charge in [-0.05, 0) is 13.3 Å². The van der Waals surface area contributed by atoms with Crippen LogP contribution in [0.2, 0.25) is 0 Å². The topological polar surface area (TPSA) is 69.2 Å². The summed E-state index contributed by atoms with van der Waals surface area (Å²) in [7, 11) is 0. The van der Waals surface area contributed by atoms with Crippen molar-refractivity contribution >= 4 is 11.9 Å². The zero-order valence-corrected chi connectivity index (χ0v) is 6.01. The lowest BCUT2D eigenvalue weighted by Crippen LogP contribution is -2.44. The maximum atomic E-state index is 10.3. The molecule has 0 rings (SSSR count). The summed E-state index contributed by atoms with van der Waals surface area (Å²) < 4.78 is 0. The number of carbonyl (C=O) groups is 2. The van der Waals surface area contributed by atoms with E-state index >= 15 is 0 Å². The van der Waals surface area contributed by atoms with Gasteiger partial charge in [-0.1, -0.05) is 6.92 Å². The number of carboxylic acids is 1. The number of hydrogen-bond donors (Lipinski definition) is 1. The summed E-state index contributed by atoms with van der Waals surface area (Å²) in [6.45, 7) is 3.57. The monoisotopic (exact) mass is 144 g/mol. The predicted octanol–water partition coefficient (Wildman–Crippen LogP) is -1.35. The highest BCUT2D eigenvalue weighted by Crippen LogP contribution is 1.85. The van der Waals surface area contributed by atoms with Gasteiger partial charge >= 0.3 is 0 Å². The number of carboxylic acid groups (broad SMARTS) is 1. The number of nitrogens with one attached hydrogen (secondary N) is 1. The minimum atomic E-state index is -1.68. The van der Waals surface area contributed by atoms with Crippen molar-refractivity contribution in [3.05, 3.63) is 0 Å². The quantitative estimate of drug-likeness (QED) is 0.487. The van der Waals surface area contributed by atoms with Crippen molar-refractivity contribution in [1.29, 1.82) is 0 Å². The molecule has 58 valence electrons. The average Bonchev–Trinajstić information content (AvgIpc) is 1.87. The zero-order valence-electron chi connectivity index (χ0n) is 6.01. The molecule has 1 N–H and O–H groups in total. The molecule has 1 unspecified atom stereocenters. The molecule has 4 heteroatoms.